The Kier molecular flexibility index (Phi) is 5.50. The lowest BCUT2D eigenvalue weighted by Crippen LogP contribution is -2.43. The van der Waals surface area contributed by atoms with Crippen LogP contribution >= 0.6 is 11.6 Å². The standard InChI is InChI=1S/C17H14ClF2N3O/c1-23(14-2-3-15(18)11(7-14)9-21)17(24)16(22)6-10-4-12(19)8-13(20)5-10/h2-5,7-8,16H,6,22H2,1H3/t16-/m0/s1. The summed E-state index contributed by atoms with van der Waals surface area (Å²) in [6, 6.07) is 8.50. The van der Waals surface area contributed by atoms with Gasteiger partial charge in [-0.15, -0.1) is 0 Å². The first-order chi connectivity index (χ1) is 11.3. The Morgan fingerprint density at radius 3 is 2.50 bits per heavy atom. The Balaban J connectivity index is 2.16. The van der Waals surface area contributed by atoms with Crippen molar-refractivity contribution in [3.63, 3.8) is 0 Å². The van der Waals surface area contributed by atoms with Crippen molar-refractivity contribution in [2.45, 2.75) is 12.5 Å². The molecule has 0 heterocycles. The van der Waals surface area contributed by atoms with Gasteiger partial charge in [0.1, 0.15) is 17.7 Å². The molecule has 0 aliphatic carbocycles. The third kappa shape index (κ3) is 4.07. The van der Waals surface area contributed by atoms with Gasteiger partial charge in [0.2, 0.25) is 5.91 Å². The van der Waals surface area contributed by atoms with E-state index in [1.807, 2.05) is 6.07 Å². The van der Waals surface area contributed by atoms with E-state index < -0.39 is 23.6 Å². The first-order valence-electron chi connectivity index (χ1n) is 6.99. The Labute approximate surface area is 143 Å². The van der Waals surface area contributed by atoms with Crippen LogP contribution in [0.15, 0.2) is 36.4 Å². The predicted molar refractivity (Wildman–Crippen MR) is 87.6 cm³/mol. The second-order valence-electron chi connectivity index (χ2n) is 5.26. The van der Waals surface area contributed by atoms with Crippen LogP contribution in [0.4, 0.5) is 14.5 Å². The molecule has 0 radical (unpaired) electrons. The minimum Gasteiger partial charge on any atom is -0.320 e. The van der Waals surface area contributed by atoms with Crippen LogP contribution in [0.2, 0.25) is 5.02 Å². The Morgan fingerprint density at radius 2 is 1.92 bits per heavy atom. The van der Waals surface area contributed by atoms with Crippen LogP contribution in [0.3, 0.4) is 0 Å². The average Bonchev–Trinajstić information content (AvgIpc) is 2.52. The molecule has 0 aliphatic heterocycles. The van der Waals surface area contributed by atoms with Crippen molar-refractivity contribution in [1.29, 1.82) is 5.26 Å². The fourth-order valence-electron chi connectivity index (χ4n) is 2.25. The largest absolute Gasteiger partial charge is 0.320 e. The van der Waals surface area contributed by atoms with Crippen LogP contribution in [-0.2, 0) is 11.2 Å². The van der Waals surface area contributed by atoms with Crippen molar-refractivity contribution in [2.24, 2.45) is 5.73 Å². The van der Waals surface area contributed by atoms with Gasteiger partial charge in [0.05, 0.1) is 16.6 Å². The van der Waals surface area contributed by atoms with E-state index in [0.29, 0.717) is 5.69 Å². The number of likely N-dealkylation sites (N-methyl/N-ethyl adjacent to an activating group) is 1. The molecule has 1 amide bonds. The Hall–Kier alpha value is -2.49. The molecule has 7 heteroatoms. The molecule has 0 fully saturated rings. The summed E-state index contributed by atoms with van der Waals surface area (Å²) in [5.74, 6) is -1.91. The van der Waals surface area contributed by atoms with E-state index in [0.717, 1.165) is 18.2 Å². The van der Waals surface area contributed by atoms with Crippen LogP contribution in [0.5, 0.6) is 0 Å². The quantitative estimate of drug-likeness (QED) is 0.922. The summed E-state index contributed by atoms with van der Waals surface area (Å²) in [6.07, 6.45) is -0.0173. The fraction of sp³-hybridized carbons (Fsp3) is 0.176. The molecule has 2 aromatic carbocycles. The third-order valence-electron chi connectivity index (χ3n) is 3.48. The lowest BCUT2D eigenvalue weighted by Gasteiger charge is -2.22. The number of nitrogens with zero attached hydrogens (tertiary/aromatic N) is 2. The van der Waals surface area contributed by atoms with Crippen molar-refractivity contribution in [3.8, 4) is 6.07 Å². The highest BCUT2D eigenvalue weighted by molar-refractivity contribution is 6.31. The lowest BCUT2D eigenvalue weighted by molar-refractivity contribution is -0.119. The third-order valence-corrected chi connectivity index (χ3v) is 3.81. The molecule has 0 saturated carbocycles. The van der Waals surface area contributed by atoms with E-state index in [1.165, 1.54) is 24.1 Å². The van der Waals surface area contributed by atoms with E-state index in [2.05, 4.69) is 0 Å². The number of benzene rings is 2. The maximum absolute atomic E-state index is 13.2. The summed E-state index contributed by atoms with van der Waals surface area (Å²) in [7, 11) is 1.50. The van der Waals surface area contributed by atoms with Crippen LogP contribution in [0.25, 0.3) is 0 Å². The molecule has 24 heavy (non-hydrogen) atoms. The van der Waals surface area contributed by atoms with Crippen molar-refractivity contribution in [1.82, 2.24) is 0 Å². The molecular formula is C17H14ClF2N3O. The number of hydrogen-bond acceptors (Lipinski definition) is 3. The van der Waals surface area contributed by atoms with Gasteiger partial charge in [0.15, 0.2) is 0 Å². The van der Waals surface area contributed by atoms with Crippen molar-refractivity contribution in [3.05, 3.63) is 64.2 Å². The van der Waals surface area contributed by atoms with Crippen molar-refractivity contribution >= 4 is 23.2 Å². The Morgan fingerprint density at radius 1 is 1.29 bits per heavy atom. The number of nitrogens with two attached hydrogens (primary N) is 1. The highest BCUT2D eigenvalue weighted by atomic mass is 35.5. The summed E-state index contributed by atoms with van der Waals surface area (Å²) >= 11 is 5.86. The van der Waals surface area contributed by atoms with Crippen LogP contribution in [-0.4, -0.2) is 19.0 Å². The van der Waals surface area contributed by atoms with Crippen LogP contribution < -0.4 is 10.6 Å². The van der Waals surface area contributed by atoms with Gasteiger partial charge in [-0.05, 0) is 42.3 Å². The molecule has 0 bridgehead atoms. The maximum Gasteiger partial charge on any atom is 0.243 e. The molecular weight excluding hydrogens is 336 g/mol. The molecule has 0 aliphatic rings. The molecule has 124 valence electrons. The van der Waals surface area contributed by atoms with E-state index in [9.17, 15) is 13.6 Å². The molecule has 0 saturated heterocycles. The molecule has 4 nitrogen and oxygen atoms in total. The zero-order chi connectivity index (χ0) is 17.9. The number of anilines is 1. The highest BCUT2D eigenvalue weighted by Gasteiger charge is 2.21. The van der Waals surface area contributed by atoms with Gasteiger partial charge in [-0.2, -0.15) is 5.26 Å². The minimum absolute atomic E-state index is 0.0173. The predicted octanol–water partition coefficient (Wildman–Crippen LogP) is 3.02. The van der Waals surface area contributed by atoms with Gasteiger partial charge in [0.25, 0.3) is 0 Å². The lowest BCUT2D eigenvalue weighted by atomic mass is 10.0. The smallest absolute Gasteiger partial charge is 0.243 e. The van der Waals surface area contributed by atoms with E-state index in [-0.39, 0.29) is 22.6 Å². The minimum atomic E-state index is -0.989. The summed E-state index contributed by atoms with van der Waals surface area (Å²) in [4.78, 5) is 13.7. The second kappa shape index (κ2) is 7.39. The van der Waals surface area contributed by atoms with Crippen molar-refractivity contribution < 1.29 is 13.6 Å². The van der Waals surface area contributed by atoms with Gasteiger partial charge < -0.3 is 10.6 Å². The number of halogens is 3. The van der Waals surface area contributed by atoms with Gasteiger partial charge in [0, 0.05) is 18.8 Å². The number of carbonyl (C=O) groups is 1. The van der Waals surface area contributed by atoms with E-state index in [4.69, 9.17) is 22.6 Å². The van der Waals surface area contributed by atoms with Crippen LogP contribution in [0.1, 0.15) is 11.1 Å². The summed E-state index contributed by atoms with van der Waals surface area (Å²) in [6.45, 7) is 0. The van der Waals surface area contributed by atoms with Gasteiger partial charge in [-0.25, -0.2) is 8.78 Å². The zero-order valence-corrected chi connectivity index (χ0v) is 13.5. The Bertz CT molecular complexity index is 800. The SMILES string of the molecule is CN(C(=O)[C@@H](N)Cc1cc(F)cc(F)c1)c1ccc(Cl)c(C#N)c1. The molecule has 0 unspecified atom stereocenters. The van der Waals surface area contributed by atoms with Gasteiger partial charge >= 0.3 is 0 Å². The number of amides is 1. The number of nitriles is 1. The maximum atomic E-state index is 13.2. The topological polar surface area (TPSA) is 70.1 Å². The van der Waals surface area contributed by atoms with E-state index >= 15 is 0 Å². The summed E-state index contributed by atoms with van der Waals surface area (Å²) in [5, 5.41) is 9.26. The summed E-state index contributed by atoms with van der Waals surface area (Å²) in [5.41, 5.74) is 6.83. The van der Waals surface area contributed by atoms with Gasteiger partial charge in [-0.3, -0.25) is 4.79 Å². The fourth-order valence-corrected chi connectivity index (χ4v) is 2.41. The molecule has 1 atom stereocenters. The molecule has 0 spiro atoms. The normalized spacial score (nSPS) is 11.7. The molecule has 2 N–H and O–H groups in total. The number of hydrogen-bond donors (Lipinski definition) is 1. The number of rotatable bonds is 4. The van der Waals surface area contributed by atoms with Crippen molar-refractivity contribution in [2.75, 3.05) is 11.9 Å². The molecule has 0 aromatic heterocycles. The molecule has 2 aromatic rings. The first-order valence-corrected chi connectivity index (χ1v) is 7.37. The number of carbonyl (C=O) groups excluding carboxylic acids is 1. The zero-order valence-electron chi connectivity index (χ0n) is 12.8. The monoisotopic (exact) mass is 349 g/mol. The highest BCUT2D eigenvalue weighted by Crippen LogP contribution is 2.22. The van der Waals surface area contributed by atoms with Crippen LogP contribution in [0, 0.1) is 23.0 Å². The van der Waals surface area contributed by atoms with E-state index in [1.54, 1.807) is 6.07 Å². The first kappa shape index (κ1) is 17.9. The average molecular weight is 350 g/mol. The second-order valence-corrected chi connectivity index (χ2v) is 5.67. The summed E-state index contributed by atoms with van der Waals surface area (Å²) < 4.78 is 26.4. The molecule has 2 rings (SSSR count). The van der Waals surface area contributed by atoms with Gasteiger partial charge in [-0.1, -0.05) is 11.6 Å².